The molecule has 0 aromatic heterocycles. The highest BCUT2D eigenvalue weighted by molar-refractivity contribution is 9.10. The molecule has 88 valence electrons. The number of anilines is 1. The van der Waals surface area contributed by atoms with E-state index in [-0.39, 0.29) is 6.54 Å². The van der Waals surface area contributed by atoms with Crippen LogP contribution in [-0.4, -0.2) is 23.7 Å². The molecule has 0 aliphatic heterocycles. The van der Waals surface area contributed by atoms with Crippen molar-refractivity contribution in [2.75, 3.05) is 11.9 Å². The van der Waals surface area contributed by atoms with E-state index >= 15 is 0 Å². The van der Waals surface area contributed by atoms with Gasteiger partial charge in [0.1, 0.15) is 6.04 Å². The van der Waals surface area contributed by atoms with E-state index in [9.17, 15) is 4.79 Å². The van der Waals surface area contributed by atoms with Gasteiger partial charge in [0.05, 0.1) is 5.69 Å². The van der Waals surface area contributed by atoms with Crippen molar-refractivity contribution in [1.29, 1.82) is 0 Å². The Morgan fingerprint density at radius 3 is 2.69 bits per heavy atom. The monoisotopic (exact) mass is 286 g/mol. The van der Waals surface area contributed by atoms with E-state index in [0.717, 1.165) is 21.3 Å². The number of aryl methyl sites for hydroxylation is 2. The van der Waals surface area contributed by atoms with Crippen LogP contribution in [0.15, 0.2) is 16.6 Å². The summed E-state index contributed by atoms with van der Waals surface area (Å²) in [6.07, 6.45) is 0. The standard InChI is InChI=1S/C11H15BrN2O2/c1-6-3-7(2)10(8(12)4-6)14-5-9(13)11(15)16/h3-4,9,14H,5,13H2,1-2H3,(H,15,16). The van der Waals surface area contributed by atoms with Crippen molar-refractivity contribution in [3.63, 3.8) is 0 Å². The second kappa shape index (κ2) is 5.32. The van der Waals surface area contributed by atoms with Gasteiger partial charge >= 0.3 is 5.97 Å². The van der Waals surface area contributed by atoms with Gasteiger partial charge in [-0.2, -0.15) is 0 Å². The average Bonchev–Trinajstić information content (AvgIpc) is 2.15. The number of nitrogens with two attached hydrogens (primary N) is 1. The molecule has 1 aromatic carbocycles. The molecule has 1 unspecified atom stereocenters. The first-order valence-electron chi connectivity index (χ1n) is 4.91. The van der Waals surface area contributed by atoms with Gasteiger partial charge in [0.25, 0.3) is 0 Å². The molecule has 0 fully saturated rings. The zero-order valence-electron chi connectivity index (χ0n) is 9.25. The zero-order chi connectivity index (χ0) is 12.3. The van der Waals surface area contributed by atoms with E-state index in [2.05, 4.69) is 21.2 Å². The summed E-state index contributed by atoms with van der Waals surface area (Å²) in [4.78, 5) is 10.6. The Balaban J connectivity index is 2.78. The lowest BCUT2D eigenvalue weighted by Crippen LogP contribution is -2.37. The van der Waals surface area contributed by atoms with Gasteiger partial charge in [-0.15, -0.1) is 0 Å². The molecule has 0 spiro atoms. The SMILES string of the molecule is Cc1cc(C)c(NCC(N)C(=O)O)c(Br)c1. The van der Waals surface area contributed by atoms with Crippen LogP contribution >= 0.6 is 15.9 Å². The Kier molecular flexibility index (Phi) is 4.32. The predicted octanol–water partition coefficient (Wildman–Crippen LogP) is 1.89. The molecule has 0 heterocycles. The van der Waals surface area contributed by atoms with E-state index < -0.39 is 12.0 Å². The molecule has 0 bridgehead atoms. The Morgan fingerprint density at radius 1 is 1.56 bits per heavy atom. The number of carbonyl (C=O) groups is 1. The highest BCUT2D eigenvalue weighted by atomic mass is 79.9. The number of rotatable bonds is 4. The second-order valence-electron chi connectivity index (χ2n) is 3.76. The van der Waals surface area contributed by atoms with E-state index in [1.54, 1.807) is 0 Å². The van der Waals surface area contributed by atoms with Gasteiger partial charge in [-0.1, -0.05) is 6.07 Å². The van der Waals surface area contributed by atoms with Crippen LogP contribution in [0.4, 0.5) is 5.69 Å². The second-order valence-corrected chi connectivity index (χ2v) is 4.62. The maximum Gasteiger partial charge on any atom is 0.322 e. The molecule has 0 aliphatic rings. The lowest BCUT2D eigenvalue weighted by molar-refractivity contribution is -0.138. The summed E-state index contributed by atoms with van der Waals surface area (Å²) in [6.45, 7) is 4.18. The Bertz CT molecular complexity index is 384. The highest BCUT2D eigenvalue weighted by Crippen LogP contribution is 2.27. The van der Waals surface area contributed by atoms with Gasteiger partial charge < -0.3 is 16.2 Å². The number of aliphatic carboxylic acids is 1. The minimum atomic E-state index is -1.01. The first-order chi connectivity index (χ1) is 7.41. The molecule has 0 saturated heterocycles. The lowest BCUT2D eigenvalue weighted by atomic mass is 10.1. The maximum absolute atomic E-state index is 10.6. The van der Waals surface area contributed by atoms with Crippen LogP contribution < -0.4 is 11.1 Å². The minimum Gasteiger partial charge on any atom is -0.480 e. The Morgan fingerprint density at radius 2 is 2.19 bits per heavy atom. The third-order valence-electron chi connectivity index (χ3n) is 2.25. The Hall–Kier alpha value is -1.07. The maximum atomic E-state index is 10.6. The van der Waals surface area contributed by atoms with Crippen LogP contribution in [0.5, 0.6) is 0 Å². The number of benzene rings is 1. The summed E-state index contributed by atoms with van der Waals surface area (Å²) >= 11 is 3.43. The number of carboxylic acid groups (broad SMARTS) is 1. The topological polar surface area (TPSA) is 75.3 Å². The van der Waals surface area contributed by atoms with Crippen molar-refractivity contribution >= 4 is 27.6 Å². The largest absolute Gasteiger partial charge is 0.480 e. The first kappa shape index (κ1) is 13.0. The molecule has 5 heteroatoms. The molecular weight excluding hydrogens is 272 g/mol. The molecule has 4 N–H and O–H groups in total. The van der Waals surface area contributed by atoms with Crippen LogP contribution in [-0.2, 0) is 4.79 Å². The fourth-order valence-electron chi connectivity index (χ4n) is 1.44. The fraction of sp³-hybridized carbons (Fsp3) is 0.364. The van der Waals surface area contributed by atoms with Gasteiger partial charge in [0, 0.05) is 11.0 Å². The smallest absolute Gasteiger partial charge is 0.322 e. The molecule has 0 amide bonds. The average molecular weight is 287 g/mol. The summed E-state index contributed by atoms with van der Waals surface area (Å²) in [5, 5.41) is 11.7. The molecule has 0 saturated carbocycles. The van der Waals surface area contributed by atoms with Crippen LogP contribution in [0.25, 0.3) is 0 Å². The predicted molar refractivity (Wildman–Crippen MR) is 67.7 cm³/mol. The quantitative estimate of drug-likeness (QED) is 0.790. The molecule has 0 aliphatic carbocycles. The molecule has 1 atom stereocenters. The molecule has 16 heavy (non-hydrogen) atoms. The molecule has 4 nitrogen and oxygen atoms in total. The number of halogens is 1. The lowest BCUT2D eigenvalue weighted by Gasteiger charge is -2.14. The van der Waals surface area contributed by atoms with Crippen molar-refractivity contribution in [3.8, 4) is 0 Å². The number of hydrogen-bond acceptors (Lipinski definition) is 3. The van der Waals surface area contributed by atoms with Crippen molar-refractivity contribution in [1.82, 2.24) is 0 Å². The molecule has 1 rings (SSSR count). The van der Waals surface area contributed by atoms with E-state index in [1.165, 1.54) is 0 Å². The van der Waals surface area contributed by atoms with Crippen LogP contribution in [0.3, 0.4) is 0 Å². The van der Waals surface area contributed by atoms with E-state index in [1.807, 2.05) is 26.0 Å². The van der Waals surface area contributed by atoms with Crippen LogP contribution in [0.1, 0.15) is 11.1 Å². The van der Waals surface area contributed by atoms with Gasteiger partial charge in [0.15, 0.2) is 0 Å². The van der Waals surface area contributed by atoms with Gasteiger partial charge in [-0.3, -0.25) is 4.79 Å². The summed E-state index contributed by atoms with van der Waals surface area (Å²) < 4.78 is 0.919. The van der Waals surface area contributed by atoms with Gasteiger partial charge in [-0.05, 0) is 47.0 Å². The van der Waals surface area contributed by atoms with Crippen LogP contribution in [0.2, 0.25) is 0 Å². The zero-order valence-corrected chi connectivity index (χ0v) is 10.8. The first-order valence-corrected chi connectivity index (χ1v) is 5.70. The van der Waals surface area contributed by atoms with Crippen molar-refractivity contribution in [3.05, 3.63) is 27.7 Å². The molecule has 0 radical (unpaired) electrons. The van der Waals surface area contributed by atoms with Gasteiger partial charge in [-0.25, -0.2) is 0 Å². The summed E-state index contributed by atoms with van der Waals surface area (Å²) in [5.74, 6) is -1.01. The third kappa shape index (κ3) is 3.21. The molecular formula is C11H15BrN2O2. The summed E-state index contributed by atoms with van der Waals surface area (Å²) in [7, 11) is 0. The van der Waals surface area contributed by atoms with Crippen molar-refractivity contribution in [2.24, 2.45) is 5.73 Å². The number of hydrogen-bond donors (Lipinski definition) is 3. The van der Waals surface area contributed by atoms with Crippen molar-refractivity contribution < 1.29 is 9.90 Å². The third-order valence-corrected chi connectivity index (χ3v) is 2.87. The van der Waals surface area contributed by atoms with Gasteiger partial charge in [0.2, 0.25) is 0 Å². The highest BCUT2D eigenvalue weighted by Gasteiger charge is 2.12. The Labute approximate surface area is 103 Å². The van der Waals surface area contributed by atoms with Crippen LogP contribution in [0, 0.1) is 13.8 Å². The van der Waals surface area contributed by atoms with Crippen molar-refractivity contribution in [2.45, 2.75) is 19.9 Å². The summed E-state index contributed by atoms with van der Waals surface area (Å²) in [6, 6.07) is 3.11. The number of nitrogens with one attached hydrogen (secondary N) is 1. The van der Waals surface area contributed by atoms with E-state index in [4.69, 9.17) is 10.8 Å². The number of carboxylic acids is 1. The fourth-order valence-corrected chi connectivity index (χ4v) is 2.25. The van der Waals surface area contributed by atoms with E-state index in [0.29, 0.717) is 0 Å². The summed E-state index contributed by atoms with van der Waals surface area (Å²) in [5.41, 5.74) is 8.52. The molecule has 1 aromatic rings. The normalized spacial score (nSPS) is 12.2. The minimum absolute atomic E-state index is 0.206.